The summed E-state index contributed by atoms with van der Waals surface area (Å²) in [5, 5.41) is 4.18. The first-order valence-electron chi connectivity index (χ1n) is 5.91. The zero-order valence-corrected chi connectivity index (χ0v) is 10.4. The van der Waals surface area contributed by atoms with E-state index in [1.807, 2.05) is 19.2 Å². The molecule has 18 heavy (non-hydrogen) atoms. The molecular formula is C13H15N3O2. The molecule has 0 saturated carbocycles. The lowest BCUT2D eigenvalue weighted by Gasteiger charge is -2.10. The molecule has 0 amide bonds. The Morgan fingerprint density at radius 1 is 1.33 bits per heavy atom. The maximum absolute atomic E-state index is 6.03. The Hall–Kier alpha value is -2.17. The van der Waals surface area contributed by atoms with E-state index in [2.05, 4.69) is 12.0 Å². The second kappa shape index (κ2) is 3.94. The number of nitrogen functional groups attached to an aromatic ring is 1. The van der Waals surface area contributed by atoms with E-state index >= 15 is 0 Å². The molecule has 5 nitrogen and oxygen atoms in total. The first-order valence-corrected chi connectivity index (χ1v) is 5.91. The van der Waals surface area contributed by atoms with Gasteiger partial charge in [0.05, 0.1) is 6.20 Å². The van der Waals surface area contributed by atoms with Gasteiger partial charge >= 0.3 is 0 Å². The van der Waals surface area contributed by atoms with Crippen molar-refractivity contribution in [3.63, 3.8) is 0 Å². The number of aromatic nitrogens is 2. The van der Waals surface area contributed by atoms with E-state index in [1.54, 1.807) is 10.9 Å². The summed E-state index contributed by atoms with van der Waals surface area (Å²) < 4.78 is 12.6. The largest absolute Gasteiger partial charge is 0.454 e. The Morgan fingerprint density at radius 3 is 2.83 bits per heavy atom. The van der Waals surface area contributed by atoms with Crippen LogP contribution in [0.25, 0.3) is 11.1 Å². The van der Waals surface area contributed by atoms with E-state index in [4.69, 9.17) is 15.2 Å². The van der Waals surface area contributed by atoms with Gasteiger partial charge < -0.3 is 15.2 Å². The van der Waals surface area contributed by atoms with E-state index in [-0.39, 0.29) is 6.79 Å². The topological polar surface area (TPSA) is 62.3 Å². The molecule has 3 rings (SSSR count). The molecular weight excluding hydrogens is 230 g/mol. The molecule has 1 aliphatic heterocycles. The average Bonchev–Trinajstić information content (AvgIpc) is 2.97. The van der Waals surface area contributed by atoms with Gasteiger partial charge in [-0.05, 0) is 24.1 Å². The molecule has 0 bridgehead atoms. The summed E-state index contributed by atoms with van der Waals surface area (Å²) >= 11 is 0. The van der Waals surface area contributed by atoms with Crippen LogP contribution in [0.5, 0.6) is 11.5 Å². The average molecular weight is 245 g/mol. The molecule has 1 aromatic carbocycles. The predicted molar refractivity (Wildman–Crippen MR) is 68.6 cm³/mol. The number of hydrogen-bond donors (Lipinski definition) is 1. The van der Waals surface area contributed by atoms with Gasteiger partial charge in [0.25, 0.3) is 0 Å². The van der Waals surface area contributed by atoms with Crippen LogP contribution in [0, 0.1) is 0 Å². The lowest BCUT2D eigenvalue weighted by Crippen LogP contribution is -1.99. The van der Waals surface area contributed by atoms with Gasteiger partial charge in [-0.3, -0.25) is 4.68 Å². The smallest absolute Gasteiger partial charge is 0.231 e. The molecule has 5 heteroatoms. The van der Waals surface area contributed by atoms with Crippen LogP contribution in [0.3, 0.4) is 0 Å². The number of aryl methyl sites for hydroxylation is 1. The van der Waals surface area contributed by atoms with Crippen molar-refractivity contribution in [2.75, 3.05) is 12.5 Å². The molecule has 0 aliphatic carbocycles. The molecule has 1 aromatic heterocycles. The van der Waals surface area contributed by atoms with Crippen molar-refractivity contribution in [3.05, 3.63) is 23.9 Å². The Labute approximate surface area is 105 Å². The Kier molecular flexibility index (Phi) is 2.40. The molecule has 0 spiro atoms. The van der Waals surface area contributed by atoms with Crippen LogP contribution in [0.1, 0.15) is 12.5 Å². The van der Waals surface area contributed by atoms with Crippen molar-refractivity contribution in [3.8, 4) is 22.6 Å². The summed E-state index contributed by atoms with van der Waals surface area (Å²) in [5.74, 6) is 2.29. The highest BCUT2D eigenvalue weighted by atomic mass is 16.7. The van der Waals surface area contributed by atoms with Gasteiger partial charge in [0.15, 0.2) is 11.5 Å². The van der Waals surface area contributed by atoms with Crippen LogP contribution in [-0.2, 0) is 13.5 Å². The van der Waals surface area contributed by atoms with Crippen LogP contribution >= 0.6 is 0 Å². The molecule has 0 unspecified atom stereocenters. The summed E-state index contributed by atoms with van der Waals surface area (Å²) in [6.45, 7) is 2.38. The lowest BCUT2D eigenvalue weighted by molar-refractivity contribution is 0.173. The fourth-order valence-corrected chi connectivity index (χ4v) is 2.29. The molecule has 2 N–H and O–H groups in total. The van der Waals surface area contributed by atoms with Crippen molar-refractivity contribution in [2.45, 2.75) is 13.3 Å². The first kappa shape index (κ1) is 11.0. The summed E-state index contributed by atoms with van der Waals surface area (Å²) in [6.07, 6.45) is 2.64. The number of fused-ring (bicyclic) bond motifs is 1. The second-order valence-electron chi connectivity index (χ2n) is 4.25. The highest BCUT2D eigenvalue weighted by molar-refractivity contribution is 5.79. The molecule has 0 atom stereocenters. The second-order valence-corrected chi connectivity index (χ2v) is 4.25. The van der Waals surface area contributed by atoms with Gasteiger partial charge in [-0.2, -0.15) is 5.10 Å². The minimum atomic E-state index is 0.286. The zero-order valence-electron chi connectivity index (χ0n) is 10.4. The maximum atomic E-state index is 6.03. The number of ether oxygens (including phenoxy) is 2. The minimum Gasteiger partial charge on any atom is -0.454 e. The standard InChI is InChI=1S/C13H15N3O2/c1-3-8-9(10-6-15-16(2)13(10)14)4-5-11-12(8)18-7-17-11/h4-6H,3,7,14H2,1-2H3. The van der Waals surface area contributed by atoms with Crippen LogP contribution in [0.15, 0.2) is 18.3 Å². The number of anilines is 1. The van der Waals surface area contributed by atoms with Crippen molar-refractivity contribution in [1.82, 2.24) is 9.78 Å². The summed E-state index contributed by atoms with van der Waals surface area (Å²) in [7, 11) is 1.83. The van der Waals surface area contributed by atoms with Crippen LogP contribution in [-0.4, -0.2) is 16.6 Å². The number of rotatable bonds is 2. The van der Waals surface area contributed by atoms with Crippen molar-refractivity contribution >= 4 is 5.82 Å². The molecule has 0 radical (unpaired) electrons. The Morgan fingerprint density at radius 2 is 2.17 bits per heavy atom. The monoisotopic (exact) mass is 245 g/mol. The number of nitrogens with two attached hydrogens (primary N) is 1. The fourth-order valence-electron chi connectivity index (χ4n) is 2.29. The highest BCUT2D eigenvalue weighted by Crippen LogP contribution is 2.42. The molecule has 0 saturated heterocycles. The van der Waals surface area contributed by atoms with E-state index in [0.717, 1.165) is 34.6 Å². The van der Waals surface area contributed by atoms with Gasteiger partial charge in [-0.15, -0.1) is 0 Å². The number of benzene rings is 1. The Bertz CT molecular complexity index is 605. The van der Waals surface area contributed by atoms with Gasteiger partial charge in [-0.25, -0.2) is 0 Å². The first-order chi connectivity index (χ1) is 8.72. The van der Waals surface area contributed by atoms with Crippen molar-refractivity contribution < 1.29 is 9.47 Å². The quantitative estimate of drug-likeness (QED) is 0.878. The summed E-state index contributed by atoms with van der Waals surface area (Å²) in [5.41, 5.74) is 9.15. The molecule has 0 fully saturated rings. The third-order valence-corrected chi connectivity index (χ3v) is 3.27. The Balaban J connectivity index is 2.21. The van der Waals surface area contributed by atoms with E-state index in [0.29, 0.717) is 5.82 Å². The molecule has 1 aliphatic rings. The van der Waals surface area contributed by atoms with E-state index in [1.165, 1.54) is 0 Å². The fraction of sp³-hybridized carbons (Fsp3) is 0.308. The minimum absolute atomic E-state index is 0.286. The van der Waals surface area contributed by atoms with Gasteiger partial charge in [-0.1, -0.05) is 6.92 Å². The number of nitrogens with zero attached hydrogens (tertiary/aromatic N) is 2. The van der Waals surface area contributed by atoms with Crippen LogP contribution in [0.2, 0.25) is 0 Å². The lowest BCUT2D eigenvalue weighted by atomic mass is 9.98. The van der Waals surface area contributed by atoms with Crippen LogP contribution in [0.4, 0.5) is 5.82 Å². The van der Waals surface area contributed by atoms with Crippen molar-refractivity contribution in [1.29, 1.82) is 0 Å². The van der Waals surface area contributed by atoms with Crippen LogP contribution < -0.4 is 15.2 Å². The third kappa shape index (κ3) is 1.44. The van der Waals surface area contributed by atoms with Gasteiger partial charge in [0, 0.05) is 18.2 Å². The molecule has 2 aromatic rings. The number of hydrogen-bond acceptors (Lipinski definition) is 4. The highest BCUT2D eigenvalue weighted by Gasteiger charge is 2.22. The maximum Gasteiger partial charge on any atom is 0.231 e. The summed E-state index contributed by atoms with van der Waals surface area (Å²) in [6, 6.07) is 3.93. The predicted octanol–water partition coefficient (Wildman–Crippen LogP) is 1.96. The SMILES string of the molecule is CCc1c(-c2cnn(C)c2N)ccc2c1OCO2. The molecule has 2 heterocycles. The van der Waals surface area contributed by atoms with Gasteiger partial charge in [0.2, 0.25) is 6.79 Å². The van der Waals surface area contributed by atoms with Crippen molar-refractivity contribution in [2.24, 2.45) is 7.05 Å². The normalized spacial score (nSPS) is 13.0. The zero-order chi connectivity index (χ0) is 12.7. The van der Waals surface area contributed by atoms with E-state index in [9.17, 15) is 0 Å². The van der Waals surface area contributed by atoms with Gasteiger partial charge in [0.1, 0.15) is 5.82 Å². The van der Waals surface area contributed by atoms with E-state index < -0.39 is 0 Å². The molecule has 94 valence electrons. The summed E-state index contributed by atoms with van der Waals surface area (Å²) in [4.78, 5) is 0. The third-order valence-electron chi connectivity index (χ3n) is 3.27.